The number of benzene rings is 1. The average Bonchev–Trinajstić information content (AvgIpc) is 3.29. The molecule has 28 heavy (non-hydrogen) atoms. The largest absolute Gasteiger partial charge is 0.368 e. The minimum atomic E-state index is -3.17. The molecule has 2 unspecified atom stereocenters. The van der Waals surface area contributed by atoms with Gasteiger partial charge in [0.05, 0.1) is 23.7 Å². The lowest BCUT2D eigenvalue weighted by Gasteiger charge is -2.23. The number of halogens is 3. The number of alkyl halides is 3. The van der Waals surface area contributed by atoms with Crippen LogP contribution in [0.1, 0.15) is 24.0 Å². The topological polar surface area (TPSA) is 75.7 Å². The molecule has 1 aliphatic carbocycles. The number of anilines is 1. The van der Waals surface area contributed by atoms with Gasteiger partial charge in [-0.3, -0.25) is 5.10 Å². The zero-order valence-electron chi connectivity index (χ0n) is 15.2. The van der Waals surface area contributed by atoms with Crippen molar-refractivity contribution in [1.29, 1.82) is 0 Å². The van der Waals surface area contributed by atoms with Crippen molar-refractivity contribution in [1.82, 2.24) is 20.2 Å². The van der Waals surface area contributed by atoms with Crippen LogP contribution in [0.2, 0.25) is 0 Å². The molecule has 6 nitrogen and oxygen atoms in total. The lowest BCUT2D eigenvalue weighted by Crippen LogP contribution is -2.35. The Morgan fingerprint density at radius 1 is 1.21 bits per heavy atom. The maximum absolute atomic E-state index is 14.8. The Morgan fingerprint density at radius 2 is 2.00 bits per heavy atom. The Bertz CT molecular complexity index is 946. The number of aromatic amines is 1. The predicted molar refractivity (Wildman–Crippen MR) is 98.0 cm³/mol. The van der Waals surface area contributed by atoms with Crippen LogP contribution in [0.15, 0.2) is 36.8 Å². The molecule has 1 aromatic carbocycles. The minimum Gasteiger partial charge on any atom is -0.368 e. The minimum absolute atomic E-state index is 0.135. The fourth-order valence-electron chi connectivity index (χ4n) is 3.40. The smallest absolute Gasteiger partial charge is 0.296 e. The van der Waals surface area contributed by atoms with Gasteiger partial charge in [0.25, 0.3) is 5.92 Å². The number of nitrogens with one attached hydrogen (secondary N) is 2. The molecule has 0 amide bonds. The molecule has 3 atom stereocenters. The average molecular weight is 391 g/mol. The summed E-state index contributed by atoms with van der Waals surface area (Å²) in [5.74, 6) is -2.72. The molecule has 0 spiro atoms. The van der Waals surface area contributed by atoms with Crippen LogP contribution < -0.4 is 5.32 Å². The maximum atomic E-state index is 14.8. The first-order valence-electron chi connectivity index (χ1n) is 9.05. The Morgan fingerprint density at radius 3 is 2.79 bits per heavy atom. The number of ether oxygens (including phenoxy) is 1. The van der Waals surface area contributed by atoms with E-state index in [1.807, 2.05) is 6.92 Å². The monoisotopic (exact) mass is 391 g/mol. The van der Waals surface area contributed by atoms with Gasteiger partial charge >= 0.3 is 0 Å². The van der Waals surface area contributed by atoms with Gasteiger partial charge in [-0.05, 0) is 19.8 Å². The SMILES string of the molecule is Cc1ccc(C(F)(F)CO[C@H]2CCC(Nc3ncnc4[nH]ncc34)C2F)cc1. The summed E-state index contributed by atoms with van der Waals surface area (Å²) in [5, 5.41) is 10.3. The van der Waals surface area contributed by atoms with Gasteiger partial charge in [0, 0.05) is 5.56 Å². The zero-order valence-corrected chi connectivity index (χ0v) is 15.2. The number of H-pyrrole nitrogens is 1. The van der Waals surface area contributed by atoms with Gasteiger partial charge in [0.1, 0.15) is 24.9 Å². The molecule has 1 fully saturated rings. The highest BCUT2D eigenvalue weighted by atomic mass is 19.3. The second-order valence-corrected chi connectivity index (χ2v) is 7.05. The van der Waals surface area contributed by atoms with Crippen molar-refractivity contribution in [2.45, 2.75) is 44.0 Å². The normalized spacial score (nSPS) is 22.6. The van der Waals surface area contributed by atoms with Gasteiger partial charge in [-0.15, -0.1) is 0 Å². The Kier molecular flexibility index (Phi) is 4.92. The number of nitrogens with zero attached hydrogens (tertiary/aromatic N) is 3. The Balaban J connectivity index is 1.38. The van der Waals surface area contributed by atoms with Gasteiger partial charge in [-0.2, -0.15) is 13.9 Å². The van der Waals surface area contributed by atoms with Crippen LogP contribution in [-0.2, 0) is 10.7 Å². The molecule has 0 aliphatic heterocycles. The first kappa shape index (κ1) is 18.7. The molecule has 9 heteroatoms. The number of hydrogen-bond donors (Lipinski definition) is 2. The van der Waals surface area contributed by atoms with Gasteiger partial charge in [-0.1, -0.05) is 29.8 Å². The first-order valence-corrected chi connectivity index (χ1v) is 9.05. The number of aryl methyl sites for hydroxylation is 1. The standard InChI is InChI=1S/C19H20F3N5O/c1-11-2-4-12(5-3-11)19(21,22)9-28-15-7-6-14(16(15)20)26-17-13-8-25-27-18(13)24-10-23-17/h2-5,8,10,14-16H,6-7,9H2,1H3,(H2,23,24,25,26,27)/t14?,15-,16?/m0/s1. The first-order chi connectivity index (χ1) is 13.4. The highest BCUT2D eigenvalue weighted by Crippen LogP contribution is 2.33. The third kappa shape index (κ3) is 3.66. The maximum Gasteiger partial charge on any atom is 0.296 e. The van der Waals surface area contributed by atoms with Gasteiger partial charge in [0.2, 0.25) is 0 Å². The molecule has 3 aromatic rings. The molecule has 2 aromatic heterocycles. The zero-order chi connectivity index (χ0) is 19.7. The van der Waals surface area contributed by atoms with Crippen LogP contribution in [0.3, 0.4) is 0 Å². The van der Waals surface area contributed by atoms with E-state index in [0.29, 0.717) is 29.7 Å². The molecular weight excluding hydrogens is 371 g/mol. The molecule has 0 radical (unpaired) electrons. The van der Waals surface area contributed by atoms with Crippen LogP contribution in [-0.4, -0.2) is 45.1 Å². The number of hydrogen-bond acceptors (Lipinski definition) is 5. The second kappa shape index (κ2) is 7.38. The molecule has 4 rings (SSSR count). The van der Waals surface area contributed by atoms with Crippen molar-refractivity contribution in [2.24, 2.45) is 0 Å². The molecular formula is C19H20F3N5O. The Hall–Kier alpha value is -2.68. The van der Waals surface area contributed by atoms with Crippen LogP contribution >= 0.6 is 0 Å². The molecule has 1 aliphatic rings. The van der Waals surface area contributed by atoms with Crippen molar-refractivity contribution in [3.8, 4) is 0 Å². The summed E-state index contributed by atoms with van der Waals surface area (Å²) < 4.78 is 48.8. The number of aromatic nitrogens is 4. The van der Waals surface area contributed by atoms with E-state index in [2.05, 4.69) is 25.5 Å². The fourth-order valence-corrected chi connectivity index (χ4v) is 3.40. The predicted octanol–water partition coefficient (Wildman–Crippen LogP) is 3.75. The number of fused-ring (bicyclic) bond motifs is 1. The van der Waals surface area contributed by atoms with Crippen molar-refractivity contribution in [2.75, 3.05) is 11.9 Å². The van der Waals surface area contributed by atoms with E-state index >= 15 is 0 Å². The summed E-state index contributed by atoms with van der Waals surface area (Å²) in [6.45, 7) is 0.972. The van der Waals surface area contributed by atoms with Crippen molar-refractivity contribution >= 4 is 16.9 Å². The van der Waals surface area contributed by atoms with E-state index in [0.717, 1.165) is 5.56 Å². The van der Waals surface area contributed by atoms with E-state index in [-0.39, 0.29) is 5.56 Å². The molecule has 2 heterocycles. The lowest BCUT2D eigenvalue weighted by molar-refractivity contribution is -0.114. The molecule has 0 bridgehead atoms. The van der Waals surface area contributed by atoms with Crippen molar-refractivity contribution in [3.05, 3.63) is 47.9 Å². The number of rotatable bonds is 6. The molecule has 148 valence electrons. The van der Waals surface area contributed by atoms with Crippen molar-refractivity contribution < 1.29 is 17.9 Å². The van der Waals surface area contributed by atoms with E-state index in [1.165, 1.54) is 18.5 Å². The van der Waals surface area contributed by atoms with Crippen LogP contribution in [0.4, 0.5) is 19.0 Å². The summed E-state index contributed by atoms with van der Waals surface area (Å²) in [6, 6.07) is 5.40. The third-order valence-corrected chi connectivity index (χ3v) is 5.02. The highest BCUT2D eigenvalue weighted by Gasteiger charge is 2.40. The van der Waals surface area contributed by atoms with Gasteiger partial charge in [-0.25, -0.2) is 14.4 Å². The third-order valence-electron chi connectivity index (χ3n) is 5.02. The quantitative estimate of drug-likeness (QED) is 0.669. The van der Waals surface area contributed by atoms with E-state index < -0.39 is 30.8 Å². The molecule has 0 saturated heterocycles. The van der Waals surface area contributed by atoms with Gasteiger partial charge < -0.3 is 10.1 Å². The second-order valence-electron chi connectivity index (χ2n) is 7.05. The van der Waals surface area contributed by atoms with Crippen LogP contribution in [0, 0.1) is 6.92 Å². The van der Waals surface area contributed by atoms with Crippen LogP contribution in [0.5, 0.6) is 0 Å². The lowest BCUT2D eigenvalue weighted by atomic mass is 10.1. The van der Waals surface area contributed by atoms with Crippen molar-refractivity contribution in [3.63, 3.8) is 0 Å². The summed E-state index contributed by atoms with van der Waals surface area (Å²) in [4.78, 5) is 8.15. The van der Waals surface area contributed by atoms with Crippen LogP contribution in [0.25, 0.3) is 11.0 Å². The summed E-state index contributed by atoms with van der Waals surface area (Å²) in [6.07, 6.45) is 1.38. The molecule has 1 saturated carbocycles. The summed E-state index contributed by atoms with van der Waals surface area (Å²) in [5.41, 5.74) is 1.30. The van der Waals surface area contributed by atoms with E-state index in [9.17, 15) is 13.2 Å². The van der Waals surface area contributed by atoms with E-state index in [4.69, 9.17) is 4.74 Å². The Labute approximate surface area is 159 Å². The molecule has 2 N–H and O–H groups in total. The van der Waals surface area contributed by atoms with E-state index in [1.54, 1.807) is 18.3 Å². The summed E-state index contributed by atoms with van der Waals surface area (Å²) >= 11 is 0. The summed E-state index contributed by atoms with van der Waals surface area (Å²) in [7, 11) is 0. The fraction of sp³-hybridized carbons (Fsp3) is 0.421. The van der Waals surface area contributed by atoms with Gasteiger partial charge in [0.15, 0.2) is 5.65 Å². The highest BCUT2D eigenvalue weighted by molar-refractivity contribution is 5.85.